The number of aromatic nitrogens is 1. The number of oxazole rings is 1. The molecule has 1 unspecified atom stereocenters. The Kier molecular flexibility index (Phi) is 3.66. The van der Waals surface area contributed by atoms with Crippen molar-refractivity contribution in [1.29, 1.82) is 0 Å². The van der Waals surface area contributed by atoms with Gasteiger partial charge in [-0.3, -0.25) is 0 Å². The van der Waals surface area contributed by atoms with Crippen molar-refractivity contribution in [2.24, 2.45) is 5.41 Å². The van der Waals surface area contributed by atoms with Gasteiger partial charge in [-0.1, -0.05) is 20.8 Å². The number of aliphatic hydroxyl groups is 1. The van der Waals surface area contributed by atoms with E-state index in [9.17, 15) is 5.11 Å². The number of rotatable bonds is 4. The van der Waals surface area contributed by atoms with E-state index in [1.807, 2.05) is 0 Å². The van der Waals surface area contributed by atoms with E-state index < -0.39 is 6.10 Å². The van der Waals surface area contributed by atoms with Crippen LogP contribution in [0.3, 0.4) is 0 Å². The highest BCUT2D eigenvalue weighted by atomic mass is 16.4. The monoisotopic (exact) mass is 263 g/mol. The molecule has 19 heavy (non-hydrogen) atoms. The summed E-state index contributed by atoms with van der Waals surface area (Å²) in [6.07, 6.45) is 0.285. The molecule has 4 N–H and O–H groups in total. The third-order valence-electron chi connectivity index (χ3n) is 2.75. The Morgan fingerprint density at radius 2 is 2.16 bits per heavy atom. The van der Waals surface area contributed by atoms with Gasteiger partial charge in [-0.25, -0.2) is 0 Å². The van der Waals surface area contributed by atoms with Crippen molar-refractivity contribution in [2.45, 2.75) is 33.3 Å². The van der Waals surface area contributed by atoms with Crippen LogP contribution in [0.4, 0.5) is 11.7 Å². The summed E-state index contributed by atoms with van der Waals surface area (Å²) in [5.41, 5.74) is 7.83. The van der Waals surface area contributed by atoms with Gasteiger partial charge in [-0.15, -0.1) is 0 Å². The van der Waals surface area contributed by atoms with Crippen molar-refractivity contribution >= 4 is 22.8 Å². The summed E-state index contributed by atoms with van der Waals surface area (Å²) < 4.78 is 5.51. The lowest BCUT2D eigenvalue weighted by Gasteiger charge is -2.22. The second-order valence-corrected chi connectivity index (χ2v) is 6.05. The fourth-order valence-corrected chi connectivity index (χ4v) is 2.00. The lowest BCUT2D eigenvalue weighted by molar-refractivity contribution is 0.131. The Hall–Kier alpha value is -1.75. The Morgan fingerprint density at radius 3 is 2.84 bits per heavy atom. The molecule has 0 aliphatic heterocycles. The van der Waals surface area contributed by atoms with E-state index >= 15 is 0 Å². The third-order valence-corrected chi connectivity index (χ3v) is 2.75. The molecule has 0 aliphatic rings. The lowest BCUT2D eigenvalue weighted by Crippen LogP contribution is -2.25. The van der Waals surface area contributed by atoms with Crippen LogP contribution in [-0.2, 0) is 0 Å². The van der Waals surface area contributed by atoms with Crippen molar-refractivity contribution in [3.8, 4) is 0 Å². The predicted octanol–water partition coefficient (Wildman–Crippen LogP) is 2.62. The number of hydrogen-bond acceptors (Lipinski definition) is 5. The molecule has 0 saturated heterocycles. The first-order valence-electron chi connectivity index (χ1n) is 6.41. The molecule has 5 nitrogen and oxygen atoms in total. The van der Waals surface area contributed by atoms with Crippen LogP contribution in [0.5, 0.6) is 0 Å². The van der Waals surface area contributed by atoms with E-state index in [0.717, 1.165) is 0 Å². The molecule has 0 fully saturated rings. The Bertz CT molecular complexity index is 557. The van der Waals surface area contributed by atoms with Gasteiger partial charge in [0.1, 0.15) is 5.52 Å². The maximum absolute atomic E-state index is 9.91. The Balaban J connectivity index is 1.98. The minimum Gasteiger partial charge on any atom is -0.424 e. The van der Waals surface area contributed by atoms with Gasteiger partial charge in [0.15, 0.2) is 5.58 Å². The SMILES string of the molecule is CC(C)(C)CC(O)CNc1nc2cc(N)ccc2o1. The zero-order valence-electron chi connectivity index (χ0n) is 11.6. The average molecular weight is 263 g/mol. The first kappa shape index (κ1) is 13.7. The van der Waals surface area contributed by atoms with Crippen LogP contribution in [0.2, 0.25) is 0 Å². The molecule has 0 bridgehead atoms. The summed E-state index contributed by atoms with van der Waals surface area (Å²) >= 11 is 0. The van der Waals surface area contributed by atoms with Gasteiger partial charge in [-0.2, -0.15) is 4.98 Å². The summed E-state index contributed by atoms with van der Waals surface area (Å²) in [7, 11) is 0. The molecule has 1 heterocycles. The molecule has 0 amide bonds. The van der Waals surface area contributed by atoms with Crippen LogP contribution < -0.4 is 11.1 Å². The second kappa shape index (κ2) is 5.09. The molecule has 1 aromatic heterocycles. The number of aliphatic hydroxyl groups excluding tert-OH is 1. The third kappa shape index (κ3) is 3.86. The van der Waals surface area contributed by atoms with Crippen LogP contribution in [0.15, 0.2) is 22.6 Å². The fraction of sp³-hybridized carbons (Fsp3) is 0.500. The summed E-state index contributed by atoms with van der Waals surface area (Å²) in [6, 6.07) is 5.73. The molecule has 1 atom stereocenters. The molecule has 104 valence electrons. The highest BCUT2D eigenvalue weighted by molar-refractivity contribution is 5.78. The number of fused-ring (bicyclic) bond motifs is 1. The largest absolute Gasteiger partial charge is 0.424 e. The number of hydrogen-bond donors (Lipinski definition) is 3. The molecular formula is C14H21N3O2. The fourth-order valence-electron chi connectivity index (χ4n) is 2.00. The van der Waals surface area contributed by atoms with Gasteiger partial charge < -0.3 is 20.6 Å². The number of nitrogens with two attached hydrogens (primary N) is 1. The van der Waals surface area contributed by atoms with Crippen molar-refractivity contribution in [1.82, 2.24) is 4.98 Å². The van der Waals surface area contributed by atoms with Crippen LogP contribution in [0.25, 0.3) is 11.1 Å². The van der Waals surface area contributed by atoms with Crippen LogP contribution in [0, 0.1) is 5.41 Å². The van der Waals surface area contributed by atoms with Gasteiger partial charge in [0.2, 0.25) is 0 Å². The second-order valence-electron chi connectivity index (χ2n) is 6.05. The van der Waals surface area contributed by atoms with Crippen LogP contribution in [0.1, 0.15) is 27.2 Å². The number of benzene rings is 1. The van der Waals surface area contributed by atoms with Gasteiger partial charge in [0, 0.05) is 12.2 Å². The molecule has 0 saturated carbocycles. The molecule has 2 rings (SSSR count). The van der Waals surface area contributed by atoms with E-state index in [0.29, 0.717) is 35.8 Å². The number of nitrogens with one attached hydrogen (secondary N) is 1. The summed E-state index contributed by atoms with van der Waals surface area (Å²) in [6.45, 7) is 6.70. The topological polar surface area (TPSA) is 84.3 Å². The molecule has 0 spiro atoms. The summed E-state index contributed by atoms with van der Waals surface area (Å²) in [5.74, 6) is 0. The molecule has 5 heteroatoms. The minimum absolute atomic E-state index is 0.0941. The Labute approximate surface area is 112 Å². The summed E-state index contributed by atoms with van der Waals surface area (Å²) in [4.78, 5) is 4.27. The number of anilines is 2. The highest BCUT2D eigenvalue weighted by Crippen LogP contribution is 2.23. The number of nitrogen functional groups attached to an aromatic ring is 1. The molecule has 1 aromatic carbocycles. The van der Waals surface area contributed by atoms with Gasteiger partial charge in [0.05, 0.1) is 6.10 Å². The average Bonchev–Trinajstić information content (AvgIpc) is 2.66. The van der Waals surface area contributed by atoms with Gasteiger partial charge in [0.25, 0.3) is 6.01 Å². The molecule has 2 aromatic rings. The van der Waals surface area contributed by atoms with E-state index in [4.69, 9.17) is 10.2 Å². The van der Waals surface area contributed by atoms with Crippen molar-refractivity contribution in [2.75, 3.05) is 17.6 Å². The highest BCUT2D eigenvalue weighted by Gasteiger charge is 2.17. The smallest absolute Gasteiger partial charge is 0.295 e. The van der Waals surface area contributed by atoms with E-state index in [1.165, 1.54) is 0 Å². The summed E-state index contributed by atoms with van der Waals surface area (Å²) in [5, 5.41) is 12.9. The minimum atomic E-state index is -0.430. The molecule has 0 aliphatic carbocycles. The van der Waals surface area contributed by atoms with Crippen LogP contribution in [-0.4, -0.2) is 22.7 Å². The van der Waals surface area contributed by atoms with Gasteiger partial charge in [-0.05, 0) is 30.0 Å². The van der Waals surface area contributed by atoms with Crippen molar-refractivity contribution in [3.05, 3.63) is 18.2 Å². The molecular weight excluding hydrogens is 242 g/mol. The van der Waals surface area contributed by atoms with Crippen LogP contribution >= 0.6 is 0 Å². The zero-order chi connectivity index (χ0) is 14.0. The quantitative estimate of drug-likeness (QED) is 0.738. The first-order chi connectivity index (χ1) is 8.83. The normalized spacial score (nSPS) is 13.7. The first-order valence-corrected chi connectivity index (χ1v) is 6.41. The number of nitrogens with zero attached hydrogens (tertiary/aromatic N) is 1. The predicted molar refractivity (Wildman–Crippen MR) is 77.0 cm³/mol. The van der Waals surface area contributed by atoms with Crippen molar-refractivity contribution in [3.63, 3.8) is 0 Å². The maximum Gasteiger partial charge on any atom is 0.295 e. The zero-order valence-corrected chi connectivity index (χ0v) is 11.6. The van der Waals surface area contributed by atoms with Gasteiger partial charge >= 0.3 is 0 Å². The van der Waals surface area contributed by atoms with E-state index in [2.05, 4.69) is 31.1 Å². The molecule has 0 radical (unpaired) electrons. The standard InChI is InChI=1S/C14H21N3O2/c1-14(2,3)7-10(18)8-16-13-17-11-6-9(15)4-5-12(11)19-13/h4-6,10,18H,7-8,15H2,1-3H3,(H,16,17). The lowest BCUT2D eigenvalue weighted by atomic mass is 9.89. The van der Waals surface area contributed by atoms with Crippen molar-refractivity contribution < 1.29 is 9.52 Å². The van der Waals surface area contributed by atoms with E-state index in [-0.39, 0.29) is 5.41 Å². The van der Waals surface area contributed by atoms with E-state index in [1.54, 1.807) is 18.2 Å². The Morgan fingerprint density at radius 1 is 1.42 bits per heavy atom. The maximum atomic E-state index is 9.91.